The van der Waals surface area contributed by atoms with Crippen molar-refractivity contribution in [3.05, 3.63) is 47.1 Å². The number of nitrogens with zero attached hydrogens (tertiary/aromatic N) is 4. The van der Waals surface area contributed by atoms with Crippen LogP contribution in [0, 0.1) is 5.82 Å². The van der Waals surface area contributed by atoms with Gasteiger partial charge in [-0.15, -0.1) is 11.3 Å². The summed E-state index contributed by atoms with van der Waals surface area (Å²) in [6, 6.07) is 4.80. The molecule has 1 aromatic carbocycles. The topological polar surface area (TPSA) is 64.9 Å². The largest absolute Gasteiger partial charge is 0.496 e. The van der Waals surface area contributed by atoms with E-state index in [1.807, 2.05) is 10.9 Å². The Bertz CT molecular complexity index is 1190. The number of hydrogen-bond donors (Lipinski definition) is 1. The Labute approximate surface area is 169 Å². The second-order valence-electron chi connectivity index (χ2n) is 6.52. The van der Waals surface area contributed by atoms with E-state index < -0.39 is 0 Å². The van der Waals surface area contributed by atoms with Gasteiger partial charge in [-0.3, -0.25) is 4.68 Å². The van der Waals surface area contributed by atoms with E-state index in [-0.39, 0.29) is 5.82 Å². The molecule has 0 atom stereocenters. The maximum absolute atomic E-state index is 13.8. The lowest BCUT2D eigenvalue weighted by atomic mass is 9.99. The molecule has 0 spiro atoms. The molecular formula is C19H15ClFN5OS. The highest BCUT2D eigenvalue weighted by Gasteiger charge is 2.24. The Morgan fingerprint density at radius 1 is 1.36 bits per heavy atom. The van der Waals surface area contributed by atoms with Crippen molar-refractivity contribution in [2.24, 2.45) is 0 Å². The average molecular weight is 416 g/mol. The zero-order chi connectivity index (χ0) is 19.3. The number of aromatic nitrogens is 4. The molecule has 1 fully saturated rings. The Kier molecular flexibility index (Phi) is 4.26. The highest BCUT2D eigenvalue weighted by atomic mass is 35.5. The standard InChI is InChI=1S/C19H15ClFN5OS/c1-27-14-4-11(21)2-3-13(14)15-16(25-19(20)17-18(15)28-9-23-17)10-5-24-26(8-10)12-6-22-7-12/h2-5,8-9,12,22H,6-7H2,1H3. The molecule has 0 aliphatic carbocycles. The van der Waals surface area contributed by atoms with Gasteiger partial charge in [-0.05, 0) is 12.1 Å². The van der Waals surface area contributed by atoms with Crippen LogP contribution in [0.25, 0.3) is 32.6 Å². The maximum atomic E-state index is 13.8. The van der Waals surface area contributed by atoms with Crippen molar-refractivity contribution in [2.45, 2.75) is 6.04 Å². The molecule has 6 nitrogen and oxygen atoms in total. The van der Waals surface area contributed by atoms with Gasteiger partial charge < -0.3 is 10.1 Å². The molecule has 0 unspecified atom stereocenters. The van der Waals surface area contributed by atoms with Gasteiger partial charge in [0, 0.05) is 42.0 Å². The molecule has 3 aromatic heterocycles. The molecule has 9 heteroatoms. The quantitative estimate of drug-likeness (QED) is 0.507. The van der Waals surface area contributed by atoms with Gasteiger partial charge >= 0.3 is 0 Å². The minimum Gasteiger partial charge on any atom is -0.496 e. The van der Waals surface area contributed by atoms with Crippen LogP contribution in [0.2, 0.25) is 5.15 Å². The predicted molar refractivity (Wildman–Crippen MR) is 107 cm³/mol. The van der Waals surface area contributed by atoms with Crippen LogP contribution >= 0.6 is 22.9 Å². The van der Waals surface area contributed by atoms with Gasteiger partial charge in [0.1, 0.15) is 17.1 Å². The van der Waals surface area contributed by atoms with Crippen LogP contribution in [0.5, 0.6) is 5.75 Å². The molecule has 4 heterocycles. The summed E-state index contributed by atoms with van der Waals surface area (Å²) in [5.41, 5.74) is 5.40. The molecule has 4 aromatic rings. The molecule has 28 heavy (non-hydrogen) atoms. The molecule has 1 saturated heterocycles. The number of nitrogens with one attached hydrogen (secondary N) is 1. The number of thiazole rings is 1. The van der Waals surface area contributed by atoms with Crippen molar-refractivity contribution in [1.82, 2.24) is 25.1 Å². The van der Waals surface area contributed by atoms with E-state index in [4.69, 9.17) is 16.3 Å². The van der Waals surface area contributed by atoms with E-state index >= 15 is 0 Å². The number of methoxy groups -OCH3 is 1. The fourth-order valence-corrected chi connectivity index (χ4v) is 4.47. The summed E-state index contributed by atoms with van der Waals surface area (Å²) in [5, 5.41) is 8.06. The zero-order valence-electron chi connectivity index (χ0n) is 14.8. The van der Waals surface area contributed by atoms with Crippen LogP contribution in [-0.4, -0.2) is 39.9 Å². The van der Waals surface area contributed by atoms with Crippen LogP contribution in [-0.2, 0) is 0 Å². The summed E-state index contributed by atoms with van der Waals surface area (Å²) in [5.74, 6) is 0.0607. The molecule has 0 saturated carbocycles. The van der Waals surface area contributed by atoms with Crippen molar-refractivity contribution in [2.75, 3.05) is 20.2 Å². The number of benzene rings is 1. The van der Waals surface area contributed by atoms with Crippen molar-refractivity contribution >= 4 is 33.2 Å². The van der Waals surface area contributed by atoms with Crippen LogP contribution in [0.1, 0.15) is 6.04 Å². The molecule has 0 bridgehead atoms. The molecule has 0 radical (unpaired) electrons. The Balaban J connectivity index is 1.77. The Morgan fingerprint density at radius 3 is 2.96 bits per heavy atom. The van der Waals surface area contributed by atoms with Crippen molar-refractivity contribution in [3.8, 4) is 28.1 Å². The normalized spacial score (nSPS) is 14.4. The molecular weight excluding hydrogens is 401 g/mol. The lowest BCUT2D eigenvalue weighted by molar-refractivity contribution is 0.318. The number of halogens is 2. The zero-order valence-corrected chi connectivity index (χ0v) is 16.4. The van der Waals surface area contributed by atoms with Crippen LogP contribution in [0.4, 0.5) is 4.39 Å². The van der Waals surface area contributed by atoms with Crippen LogP contribution in [0.15, 0.2) is 36.1 Å². The van der Waals surface area contributed by atoms with Crippen molar-refractivity contribution < 1.29 is 9.13 Å². The Hall–Kier alpha value is -2.55. The fraction of sp³-hybridized carbons (Fsp3) is 0.211. The van der Waals surface area contributed by atoms with Gasteiger partial charge in [0.25, 0.3) is 0 Å². The monoisotopic (exact) mass is 415 g/mol. The summed E-state index contributed by atoms with van der Waals surface area (Å²) in [7, 11) is 1.52. The number of pyridine rings is 1. The van der Waals surface area contributed by atoms with E-state index in [0.717, 1.165) is 34.5 Å². The molecule has 1 aliphatic heterocycles. The van der Waals surface area contributed by atoms with Gasteiger partial charge in [-0.2, -0.15) is 5.10 Å². The summed E-state index contributed by atoms with van der Waals surface area (Å²) in [4.78, 5) is 8.97. The summed E-state index contributed by atoms with van der Waals surface area (Å²) in [6.07, 6.45) is 3.75. The summed E-state index contributed by atoms with van der Waals surface area (Å²) >= 11 is 7.89. The van der Waals surface area contributed by atoms with Gasteiger partial charge in [0.15, 0.2) is 5.15 Å². The average Bonchev–Trinajstić information content (AvgIpc) is 3.30. The van der Waals surface area contributed by atoms with Crippen molar-refractivity contribution in [3.63, 3.8) is 0 Å². The lowest BCUT2D eigenvalue weighted by Crippen LogP contribution is -2.43. The van der Waals surface area contributed by atoms with Gasteiger partial charge in [-0.25, -0.2) is 14.4 Å². The third-order valence-corrected chi connectivity index (χ3v) is 5.99. The summed E-state index contributed by atoms with van der Waals surface area (Å²) in [6.45, 7) is 1.78. The predicted octanol–water partition coefficient (Wildman–Crippen LogP) is 4.17. The summed E-state index contributed by atoms with van der Waals surface area (Å²) < 4.78 is 22.0. The van der Waals surface area contributed by atoms with E-state index in [0.29, 0.717) is 28.2 Å². The van der Waals surface area contributed by atoms with Crippen LogP contribution < -0.4 is 10.1 Å². The lowest BCUT2D eigenvalue weighted by Gasteiger charge is -2.27. The first-order valence-electron chi connectivity index (χ1n) is 8.67. The molecule has 5 rings (SSSR count). The van der Waals surface area contributed by atoms with Crippen LogP contribution in [0.3, 0.4) is 0 Å². The smallest absolute Gasteiger partial charge is 0.156 e. The van der Waals surface area contributed by atoms with E-state index in [1.54, 1.807) is 17.8 Å². The van der Waals surface area contributed by atoms with E-state index in [2.05, 4.69) is 20.4 Å². The molecule has 142 valence electrons. The second kappa shape index (κ2) is 6.80. The maximum Gasteiger partial charge on any atom is 0.156 e. The number of hydrogen-bond acceptors (Lipinski definition) is 6. The third-order valence-electron chi connectivity index (χ3n) is 4.88. The van der Waals surface area contributed by atoms with Gasteiger partial charge in [0.05, 0.1) is 35.3 Å². The number of rotatable bonds is 4. The first kappa shape index (κ1) is 17.5. The van der Waals surface area contributed by atoms with Gasteiger partial charge in [-0.1, -0.05) is 11.6 Å². The number of fused-ring (bicyclic) bond motifs is 1. The van der Waals surface area contributed by atoms with Gasteiger partial charge in [0.2, 0.25) is 0 Å². The van der Waals surface area contributed by atoms with E-state index in [1.165, 1.54) is 30.6 Å². The third kappa shape index (κ3) is 2.76. The highest BCUT2D eigenvalue weighted by molar-refractivity contribution is 7.17. The SMILES string of the molecule is COc1cc(F)ccc1-c1c(-c2cnn(C3CNC3)c2)nc(Cl)c2ncsc12. The second-order valence-corrected chi connectivity index (χ2v) is 7.73. The highest BCUT2D eigenvalue weighted by Crippen LogP contribution is 2.44. The molecule has 1 N–H and O–H groups in total. The Morgan fingerprint density at radius 2 is 2.21 bits per heavy atom. The number of ether oxygens (including phenoxy) is 1. The fourth-order valence-electron chi connectivity index (χ4n) is 3.34. The van der Waals surface area contributed by atoms with E-state index in [9.17, 15) is 4.39 Å². The first-order valence-corrected chi connectivity index (χ1v) is 9.93. The minimum absolute atomic E-state index is 0.328. The molecule has 1 aliphatic rings. The van der Waals surface area contributed by atoms with Crippen molar-refractivity contribution in [1.29, 1.82) is 0 Å². The molecule has 0 amide bonds. The first-order chi connectivity index (χ1) is 13.7. The minimum atomic E-state index is -0.366.